The van der Waals surface area contributed by atoms with Gasteiger partial charge in [-0.3, -0.25) is 14.4 Å². The zero-order chi connectivity index (χ0) is 26.2. The summed E-state index contributed by atoms with van der Waals surface area (Å²) in [6.45, 7) is 0. The summed E-state index contributed by atoms with van der Waals surface area (Å²) in [6, 6.07) is 18.6. The van der Waals surface area contributed by atoms with Crippen molar-refractivity contribution in [1.29, 1.82) is 0 Å². The van der Waals surface area contributed by atoms with E-state index in [0.717, 1.165) is 48.1 Å². The summed E-state index contributed by atoms with van der Waals surface area (Å²) in [5.41, 5.74) is 2.87. The fraction of sp³-hybridized carbons (Fsp3) is 0.267. The molecule has 2 heterocycles. The van der Waals surface area contributed by atoms with Crippen LogP contribution in [0.3, 0.4) is 0 Å². The quantitative estimate of drug-likeness (QED) is 0.319. The average Bonchev–Trinajstić information content (AvgIpc) is 3.50. The van der Waals surface area contributed by atoms with Crippen LogP contribution in [-0.2, 0) is 9.59 Å². The molecule has 1 saturated heterocycles. The van der Waals surface area contributed by atoms with Gasteiger partial charge in [0.15, 0.2) is 5.58 Å². The van der Waals surface area contributed by atoms with Gasteiger partial charge in [-0.2, -0.15) is 0 Å². The fourth-order valence-electron chi connectivity index (χ4n) is 5.52. The van der Waals surface area contributed by atoms with Crippen molar-refractivity contribution in [3.8, 4) is 11.5 Å². The number of fused-ring (bicyclic) bond motifs is 1. The van der Waals surface area contributed by atoms with Crippen molar-refractivity contribution in [1.82, 2.24) is 9.88 Å². The molecule has 4 aromatic rings. The number of hydrogen-bond donors (Lipinski definition) is 0. The van der Waals surface area contributed by atoms with Gasteiger partial charge in [-0.25, -0.2) is 14.3 Å². The Hall–Kier alpha value is -4.33. The van der Waals surface area contributed by atoms with E-state index in [-0.39, 0.29) is 24.3 Å². The molecule has 0 radical (unpaired) electrons. The summed E-state index contributed by atoms with van der Waals surface area (Å²) in [5, 5.41) is 0. The molecule has 192 valence electrons. The van der Waals surface area contributed by atoms with E-state index in [0.29, 0.717) is 22.7 Å². The molecule has 3 aromatic carbocycles. The molecule has 6 rings (SSSR count). The predicted octanol–water partition coefficient (Wildman–Crippen LogP) is 5.74. The molecule has 1 saturated carbocycles. The van der Waals surface area contributed by atoms with Gasteiger partial charge in [0.25, 0.3) is 11.8 Å². The molecule has 1 aliphatic heterocycles. The lowest BCUT2D eigenvalue weighted by atomic mass is 9.92. The largest absolute Gasteiger partial charge is 0.436 e. The number of oxazole rings is 1. The molecular formula is C30H26FN3O4. The number of carbonyl (C=O) groups is 3. The monoisotopic (exact) mass is 511 g/mol. The average molecular weight is 512 g/mol. The van der Waals surface area contributed by atoms with Crippen LogP contribution < -0.4 is 4.90 Å². The van der Waals surface area contributed by atoms with E-state index in [1.807, 2.05) is 24.3 Å². The summed E-state index contributed by atoms with van der Waals surface area (Å²) in [6.07, 6.45) is 4.43. The molecule has 1 atom stereocenters. The first-order valence-electron chi connectivity index (χ1n) is 12.9. The highest BCUT2D eigenvalue weighted by atomic mass is 19.1. The van der Waals surface area contributed by atoms with E-state index in [4.69, 9.17) is 4.42 Å². The molecule has 8 heteroatoms. The van der Waals surface area contributed by atoms with Gasteiger partial charge in [0.2, 0.25) is 11.8 Å². The Morgan fingerprint density at radius 1 is 0.921 bits per heavy atom. The predicted molar refractivity (Wildman–Crippen MR) is 140 cm³/mol. The summed E-state index contributed by atoms with van der Waals surface area (Å²) < 4.78 is 19.3. The van der Waals surface area contributed by atoms with Crippen LogP contribution >= 0.6 is 0 Å². The van der Waals surface area contributed by atoms with Crippen LogP contribution in [0.2, 0.25) is 0 Å². The van der Waals surface area contributed by atoms with Gasteiger partial charge in [0.05, 0.1) is 12.1 Å². The van der Waals surface area contributed by atoms with Crippen molar-refractivity contribution < 1.29 is 23.2 Å². The van der Waals surface area contributed by atoms with E-state index < -0.39 is 17.8 Å². The van der Waals surface area contributed by atoms with Gasteiger partial charge >= 0.3 is 0 Å². The Balaban J connectivity index is 1.28. The molecule has 1 aliphatic carbocycles. The molecular weight excluding hydrogens is 485 g/mol. The number of nitrogens with zero attached hydrogens (tertiary/aromatic N) is 3. The highest BCUT2D eigenvalue weighted by Gasteiger charge is 2.46. The number of para-hydroxylation sites is 2. The number of imide groups is 1. The number of hydrogen-bond acceptors (Lipinski definition) is 5. The summed E-state index contributed by atoms with van der Waals surface area (Å²) >= 11 is 0. The minimum Gasteiger partial charge on any atom is -0.436 e. The first-order chi connectivity index (χ1) is 18.5. The minimum absolute atomic E-state index is 0.0881. The Morgan fingerprint density at radius 2 is 1.63 bits per heavy atom. The van der Waals surface area contributed by atoms with Crippen LogP contribution in [0.4, 0.5) is 10.1 Å². The van der Waals surface area contributed by atoms with E-state index in [1.165, 1.54) is 24.3 Å². The second-order valence-electron chi connectivity index (χ2n) is 9.83. The Kier molecular flexibility index (Phi) is 6.23. The molecule has 1 unspecified atom stereocenters. The highest BCUT2D eigenvalue weighted by Crippen LogP contribution is 2.33. The topological polar surface area (TPSA) is 83.7 Å². The fourth-order valence-corrected chi connectivity index (χ4v) is 5.52. The van der Waals surface area contributed by atoms with E-state index in [2.05, 4.69) is 4.98 Å². The number of anilines is 1. The maximum Gasteiger partial charge on any atom is 0.257 e. The molecule has 1 aromatic heterocycles. The first kappa shape index (κ1) is 24.0. The molecule has 2 fully saturated rings. The number of benzene rings is 3. The van der Waals surface area contributed by atoms with Crippen LogP contribution in [0.1, 0.15) is 48.9 Å². The number of rotatable bonds is 5. The normalized spacial score (nSPS) is 18.3. The van der Waals surface area contributed by atoms with Gasteiger partial charge in [0.1, 0.15) is 17.4 Å². The molecule has 0 N–H and O–H groups in total. The zero-order valence-electron chi connectivity index (χ0n) is 20.7. The van der Waals surface area contributed by atoms with Crippen LogP contribution in [0, 0.1) is 5.82 Å². The van der Waals surface area contributed by atoms with Gasteiger partial charge in [0, 0.05) is 17.2 Å². The van der Waals surface area contributed by atoms with Crippen molar-refractivity contribution >= 4 is 34.5 Å². The lowest BCUT2D eigenvalue weighted by molar-refractivity contribution is -0.123. The van der Waals surface area contributed by atoms with E-state index in [9.17, 15) is 18.8 Å². The smallest absolute Gasteiger partial charge is 0.257 e. The van der Waals surface area contributed by atoms with Crippen molar-refractivity contribution in [2.75, 3.05) is 4.90 Å². The van der Waals surface area contributed by atoms with Crippen molar-refractivity contribution in [3.63, 3.8) is 0 Å². The number of carbonyl (C=O) groups excluding carboxylic acids is 3. The van der Waals surface area contributed by atoms with E-state index >= 15 is 0 Å². The molecule has 0 spiro atoms. The molecule has 38 heavy (non-hydrogen) atoms. The third kappa shape index (κ3) is 4.36. The molecule has 3 amide bonds. The van der Waals surface area contributed by atoms with Crippen LogP contribution in [0.25, 0.3) is 22.6 Å². The van der Waals surface area contributed by atoms with Crippen LogP contribution in [-0.4, -0.2) is 39.7 Å². The minimum atomic E-state index is -0.903. The number of halogens is 1. The third-order valence-corrected chi connectivity index (χ3v) is 7.42. The van der Waals surface area contributed by atoms with Gasteiger partial charge in [-0.05, 0) is 73.5 Å². The number of amides is 3. The van der Waals surface area contributed by atoms with Crippen LogP contribution in [0.15, 0.2) is 77.2 Å². The standard InChI is InChI=1S/C30H26FN3O4/c31-21-14-10-20(11-15-21)29(36)33(22-6-2-1-3-7-22)25-18-27(35)34(30(25)37)23-16-12-19(13-17-23)28-32-24-8-4-5-9-26(24)38-28/h4-5,8-17,22,25H,1-3,6-7,18H2. The van der Waals surface area contributed by atoms with Gasteiger partial charge < -0.3 is 9.32 Å². The van der Waals surface area contributed by atoms with E-state index in [1.54, 1.807) is 29.2 Å². The molecule has 2 aliphatic rings. The Morgan fingerprint density at radius 3 is 2.34 bits per heavy atom. The van der Waals surface area contributed by atoms with Crippen LogP contribution in [0.5, 0.6) is 0 Å². The molecule has 7 nitrogen and oxygen atoms in total. The third-order valence-electron chi connectivity index (χ3n) is 7.42. The SMILES string of the molecule is O=C1CC(N(C(=O)c2ccc(F)cc2)C2CCCCC2)C(=O)N1c1ccc(-c2nc3ccccc3o2)cc1. The Bertz CT molecular complexity index is 1470. The Labute approximate surface area is 218 Å². The first-order valence-corrected chi connectivity index (χ1v) is 12.9. The maximum atomic E-state index is 13.7. The lowest BCUT2D eigenvalue weighted by Crippen LogP contribution is -2.51. The lowest BCUT2D eigenvalue weighted by Gasteiger charge is -2.37. The highest BCUT2D eigenvalue weighted by molar-refractivity contribution is 6.23. The maximum absolute atomic E-state index is 13.7. The molecule has 0 bridgehead atoms. The van der Waals surface area contributed by atoms with Crippen molar-refractivity contribution in [2.45, 2.75) is 50.6 Å². The summed E-state index contributed by atoms with van der Waals surface area (Å²) in [5.74, 6) is -1.13. The van der Waals surface area contributed by atoms with Crippen molar-refractivity contribution in [3.05, 3.63) is 84.2 Å². The summed E-state index contributed by atoms with van der Waals surface area (Å²) in [7, 11) is 0. The second kappa shape index (κ2) is 9.85. The number of aromatic nitrogens is 1. The van der Waals surface area contributed by atoms with Gasteiger partial charge in [-0.1, -0.05) is 31.4 Å². The van der Waals surface area contributed by atoms with Gasteiger partial charge in [-0.15, -0.1) is 0 Å². The van der Waals surface area contributed by atoms with Crippen molar-refractivity contribution in [2.24, 2.45) is 0 Å². The summed E-state index contributed by atoms with van der Waals surface area (Å²) in [4.78, 5) is 47.7. The zero-order valence-corrected chi connectivity index (χ0v) is 20.7. The second-order valence-corrected chi connectivity index (χ2v) is 9.83.